The van der Waals surface area contributed by atoms with Crippen LogP contribution in [-0.2, 0) is 12.8 Å². The molecule has 1 aliphatic carbocycles. The van der Waals surface area contributed by atoms with Crippen LogP contribution >= 0.6 is 0 Å². The lowest BCUT2D eigenvalue weighted by atomic mass is 9.97. The normalized spacial score (nSPS) is 14.4. The summed E-state index contributed by atoms with van der Waals surface area (Å²) in [5.41, 5.74) is 3.15. The van der Waals surface area contributed by atoms with Crippen molar-refractivity contribution >= 4 is 21.5 Å². The minimum absolute atomic E-state index is 1.25. The van der Waals surface area contributed by atoms with Crippen LogP contribution in [0.25, 0.3) is 21.5 Å². The van der Waals surface area contributed by atoms with E-state index in [4.69, 9.17) is 0 Å². The fourth-order valence-corrected chi connectivity index (χ4v) is 3.11. The molecule has 0 amide bonds. The van der Waals surface area contributed by atoms with E-state index >= 15 is 0 Å². The first-order valence-corrected chi connectivity index (χ1v) is 6.35. The van der Waals surface area contributed by atoms with Crippen molar-refractivity contribution in [1.82, 2.24) is 0 Å². The Labute approximate surface area is 101 Å². The van der Waals surface area contributed by atoms with Crippen molar-refractivity contribution in [3.05, 3.63) is 59.7 Å². The highest BCUT2D eigenvalue weighted by Crippen LogP contribution is 2.32. The number of hydrogen-bond acceptors (Lipinski definition) is 0. The monoisotopic (exact) mass is 218 g/mol. The Balaban J connectivity index is 2.17. The molecule has 0 N–H and O–H groups in total. The summed E-state index contributed by atoms with van der Waals surface area (Å²) in [5, 5.41) is 5.57. The van der Waals surface area contributed by atoms with Gasteiger partial charge in [0.05, 0.1) is 0 Å². The van der Waals surface area contributed by atoms with Crippen molar-refractivity contribution in [3.63, 3.8) is 0 Å². The average Bonchev–Trinajstić information content (AvgIpc) is 2.85. The Bertz CT molecular complexity index is 723. The van der Waals surface area contributed by atoms with Crippen LogP contribution in [0.4, 0.5) is 0 Å². The molecule has 0 saturated heterocycles. The molecule has 0 aliphatic heterocycles. The number of fused-ring (bicyclic) bond motifs is 4. The van der Waals surface area contributed by atoms with E-state index in [1.54, 1.807) is 11.1 Å². The van der Waals surface area contributed by atoms with Crippen LogP contribution in [0, 0.1) is 0 Å². The maximum atomic E-state index is 2.37. The lowest BCUT2D eigenvalue weighted by Crippen LogP contribution is -1.85. The van der Waals surface area contributed by atoms with E-state index in [1.807, 2.05) is 0 Å². The molecule has 4 rings (SSSR count). The second-order valence-electron chi connectivity index (χ2n) is 4.98. The fraction of sp³-hybridized carbons (Fsp3) is 0.176. The molecular weight excluding hydrogens is 204 g/mol. The minimum Gasteiger partial charge on any atom is -0.0616 e. The lowest BCUT2D eigenvalue weighted by molar-refractivity contribution is 0.913. The van der Waals surface area contributed by atoms with Crippen LogP contribution in [0.5, 0.6) is 0 Å². The molecule has 1 aliphatic rings. The molecule has 0 heteroatoms. The average molecular weight is 218 g/mol. The maximum Gasteiger partial charge on any atom is -0.0143 e. The molecule has 0 nitrogen and oxygen atoms in total. The van der Waals surface area contributed by atoms with Gasteiger partial charge in [0.2, 0.25) is 0 Å². The van der Waals surface area contributed by atoms with E-state index in [0.29, 0.717) is 0 Å². The molecule has 0 atom stereocenters. The van der Waals surface area contributed by atoms with Gasteiger partial charge in [0.15, 0.2) is 0 Å². The van der Waals surface area contributed by atoms with Gasteiger partial charge in [0.1, 0.15) is 0 Å². The summed E-state index contributed by atoms with van der Waals surface area (Å²) in [4.78, 5) is 0. The van der Waals surface area contributed by atoms with Crippen LogP contribution in [0.15, 0.2) is 48.5 Å². The van der Waals surface area contributed by atoms with Crippen molar-refractivity contribution < 1.29 is 0 Å². The van der Waals surface area contributed by atoms with Gasteiger partial charge in [-0.05, 0) is 64.1 Å². The van der Waals surface area contributed by atoms with E-state index in [1.165, 1.54) is 40.8 Å². The minimum atomic E-state index is 1.25. The summed E-state index contributed by atoms with van der Waals surface area (Å²) in [6, 6.07) is 17.9. The highest BCUT2D eigenvalue weighted by molar-refractivity contribution is 6.00. The molecule has 0 unspecified atom stereocenters. The first-order chi connectivity index (χ1) is 8.42. The molecule has 82 valence electrons. The first kappa shape index (κ1) is 9.23. The van der Waals surface area contributed by atoms with Crippen molar-refractivity contribution in [1.29, 1.82) is 0 Å². The highest BCUT2D eigenvalue weighted by Gasteiger charge is 2.13. The van der Waals surface area contributed by atoms with E-state index in [0.717, 1.165) is 0 Å². The third-order valence-electron chi connectivity index (χ3n) is 3.97. The second-order valence-corrected chi connectivity index (χ2v) is 4.98. The Morgan fingerprint density at radius 3 is 2.41 bits per heavy atom. The molecule has 0 fully saturated rings. The van der Waals surface area contributed by atoms with Crippen LogP contribution in [0.1, 0.15) is 17.5 Å². The number of benzene rings is 3. The van der Waals surface area contributed by atoms with E-state index in [2.05, 4.69) is 48.5 Å². The smallest absolute Gasteiger partial charge is 0.0143 e. The highest BCUT2D eigenvalue weighted by atomic mass is 14.2. The van der Waals surface area contributed by atoms with Gasteiger partial charge in [-0.1, -0.05) is 36.4 Å². The topological polar surface area (TPSA) is 0 Å². The zero-order chi connectivity index (χ0) is 11.2. The summed E-state index contributed by atoms with van der Waals surface area (Å²) in [6.07, 6.45) is 3.84. The Hall–Kier alpha value is -1.82. The molecule has 0 saturated carbocycles. The van der Waals surface area contributed by atoms with Crippen molar-refractivity contribution in [2.24, 2.45) is 0 Å². The van der Waals surface area contributed by atoms with E-state index in [-0.39, 0.29) is 0 Å². The van der Waals surface area contributed by atoms with Crippen molar-refractivity contribution in [3.8, 4) is 0 Å². The van der Waals surface area contributed by atoms with Gasteiger partial charge in [-0.15, -0.1) is 0 Å². The number of aryl methyl sites for hydroxylation is 2. The molecule has 0 heterocycles. The lowest BCUT2D eigenvalue weighted by Gasteiger charge is -2.07. The Kier molecular flexibility index (Phi) is 1.81. The van der Waals surface area contributed by atoms with Gasteiger partial charge in [0, 0.05) is 0 Å². The summed E-state index contributed by atoms with van der Waals surface area (Å²) in [5.74, 6) is 0. The summed E-state index contributed by atoms with van der Waals surface area (Å²) < 4.78 is 0. The molecular formula is C17H14. The van der Waals surface area contributed by atoms with Gasteiger partial charge in [0.25, 0.3) is 0 Å². The standard InChI is InChI=1S/C17H14/c1-2-5-14-11-17-15(10-13(14)4-1)9-8-12-6-3-7-16(12)17/h1-2,4-5,8-11H,3,6-7H2. The first-order valence-electron chi connectivity index (χ1n) is 6.35. The quantitative estimate of drug-likeness (QED) is 0.488. The van der Waals surface area contributed by atoms with Gasteiger partial charge in [-0.25, -0.2) is 0 Å². The van der Waals surface area contributed by atoms with Crippen LogP contribution in [0.3, 0.4) is 0 Å². The SMILES string of the molecule is c1ccc2cc3c4c(ccc3cc2c1)CCC4. The largest absolute Gasteiger partial charge is 0.0616 e. The van der Waals surface area contributed by atoms with Crippen LogP contribution in [0.2, 0.25) is 0 Å². The van der Waals surface area contributed by atoms with E-state index < -0.39 is 0 Å². The fourth-order valence-electron chi connectivity index (χ4n) is 3.11. The number of rotatable bonds is 0. The maximum absolute atomic E-state index is 2.37. The molecule has 0 aromatic heterocycles. The third kappa shape index (κ3) is 1.30. The molecule has 3 aromatic rings. The number of hydrogen-bond donors (Lipinski definition) is 0. The van der Waals surface area contributed by atoms with Crippen LogP contribution in [-0.4, -0.2) is 0 Å². The summed E-state index contributed by atoms with van der Waals surface area (Å²) in [6.45, 7) is 0. The predicted molar refractivity (Wildman–Crippen MR) is 73.5 cm³/mol. The second kappa shape index (κ2) is 3.33. The molecule has 17 heavy (non-hydrogen) atoms. The zero-order valence-corrected chi connectivity index (χ0v) is 9.74. The molecule has 0 radical (unpaired) electrons. The molecule has 0 bridgehead atoms. The predicted octanol–water partition coefficient (Wildman–Crippen LogP) is 4.48. The van der Waals surface area contributed by atoms with Gasteiger partial charge < -0.3 is 0 Å². The molecule has 3 aromatic carbocycles. The summed E-state index contributed by atoms with van der Waals surface area (Å²) in [7, 11) is 0. The Morgan fingerprint density at radius 1 is 0.706 bits per heavy atom. The summed E-state index contributed by atoms with van der Waals surface area (Å²) >= 11 is 0. The zero-order valence-electron chi connectivity index (χ0n) is 9.74. The van der Waals surface area contributed by atoms with Gasteiger partial charge in [-0.3, -0.25) is 0 Å². The van der Waals surface area contributed by atoms with Gasteiger partial charge in [-0.2, -0.15) is 0 Å². The Morgan fingerprint density at radius 2 is 1.53 bits per heavy atom. The van der Waals surface area contributed by atoms with Crippen LogP contribution < -0.4 is 0 Å². The van der Waals surface area contributed by atoms with Crippen molar-refractivity contribution in [2.75, 3.05) is 0 Å². The molecule has 0 spiro atoms. The van der Waals surface area contributed by atoms with Gasteiger partial charge >= 0.3 is 0 Å². The third-order valence-corrected chi connectivity index (χ3v) is 3.97. The van der Waals surface area contributed by atoms with E-state index in [9.17, 15) is 0 Å². The van der Waals surface area contributed by atoms with Crippen molar-refractivity contribution in [2.45, 2.75) is 19.3 Å².